The SMILES string of the molecule is COCC(CNC(=O)N[C@@H](CC(C)C)C(=O)O)OC. The van der Waals surface area contributed by atoms with Crippen LogP contribution in [0, 0.1) is 5.92 Å². The molecule has 1 unspecified atom stereocenters. The van der Waals surface area contributed by atoms with Crippen molar-refractivity contribution in [3.8, 4) is 0 Å². The van der Waals surface area contributed by atoms with Crippen LogP contribution < -0.4 is 10.6 Å². The Morgan fingerprint density at radius 2 is 1.89 bits per heavy atom. The van der Waals surface area contributed by atoms with Crippen LogP contribution in [0.3, 0.4) is 0 Å². The summed E-state index contributed by atoms with van der Waals surface area (Å²) >= 11 is 0. The topological polar surface area (TPSA) is 96.9 Å². The van der Waals surface area contributed by atoms with Gasteiger partial charge in [-0.1, -0.05) is 13.8 Å². The number of aliphatic carboxylic acids is 1. The zero-order valence-electron chi connectivity index (χ0n) is 11.9. The number of amides is 2. The lowest BCUT2D eigenvalue weighted by molar-refractivity contribution is -0.139. The molecule has 0 saturated heterocycles. The summed E-state index contributed by atoms with van der Waals surface area (Å²) in [6, 6.07) is -1.41. The average Bonchev–Trinajstić information content (AvgIpc) is 2.32. The predicted molar refractivity (Wildman–Crippen MR) is 70.1 cm³/mol. The molecule has 2 atom stereocenters. The molecule has 7 heteroatoms. The lowest BCUT2D eigenvalue weighted by atomic mass is 10.0. The number of ether oxygens (including phenoxy) is 2. The van der Waals surface area contributed by atoms with E-state index in [4.69, 9.17) is 14.6 Å². The first-order valence-electron chi connectivity index (χ1n) is 6.19. The Morgan fingerprint density at radius 1 is 1.26 bits per heavy atom. The van der Waals surface area contributed by atoms with Gasteiger partial charge in [0, 0.05) is 20.8 Å². The lowest BCUT2D eigenvalue weighted by Crippen LogP contribution is -2.48. The number of rotatable bonds is 9. The third-order valence-electron chi connectivity index (χ3n) is 2.49. The van der Waals surface area contributed by atoms with Crippen LogP contribution in [-0.4, -0.2) is 56.6 Å². The molecule has 0 aliphatic rings. The van der Waals surface area contributed by atoms with Crippen LogP contribution in [0.5, 0.6) is 0 Å². The zero-order chi connectivity index (χ0) is 14.8. The highest BCUT2D eigenvalue weighted by Gasteiger charge is 2.21. The standard InChI is InChI=1S/C12H24N2O5/c1-8(2)5-10(11(15)16)14-12(17)13-6-9(19-4)7-18-3/h8-10H,5-7H2,1-4H3,(H,15,16)(H2,13,14,17)/t9?,10-/m0/s1. The van der Waals surface area contributed by atoms with E-state index in [2.05, 4.69) is 10.6 Å². The maximum absolute atomic E-state index is 11.6. The molecular weight excluding hydrogens is 252 g/mol. The fourth-order valence-corrected chi connectivity index (χ4v) is 1.50. The molecule has 0 aromatic rings. The summed E-state index contributed by atoms with van der Waals surface area (Å²) in [7, 11) is 3.05. The molecule has 112 valence electrons. The molecule has 0 radical (unpaired) electrons. The van der Waals surface area contributed by atoms with E-state index < -0.39 is 18.0 Å². The van der Waals surface area contributed by atoms with E-state index >= 15 is 0 Å². The third kappa shape index (κ3) is 8.39. The number of carboxylic acids is 1. The van der Waals surface area contributed by atoms with E-state index in [1.807, 2.05) is 13.8 Å². The van der Waals surface area contributed by atoms with Gasteiger partial charge < -0.3 is 25.2 Å². The van der Waals surface area contributed by atoms with Gasteiger partial charge in [-0.25, -0.2) is 9.59 Å². The molecule has 0 aromatic carbocycles. The molecule has 0 aromatic heterocycles. The van der Waals surface area contributed by atoms with Crippen LogP contribution in [0.2, 0.25) is 0 Å². The van der Waals surface area contributed by atoms with E-state index in [1.54, 1.807) is 0 Å². The van der Waals surface area contributed by atoms with Crippen molar-refractivity contribution in [1.82, 2.24) is 10.6 Å². The van der Waals surface area contributed by atoms with Crippen molar-refractivity contribution in [2.45, 2.75) is 32.4 Å². The van der Waals surface area contributed by atoms with Crippen molar-refractivity contribution in [1.29, 1.82) is 0 Å². The fraction of sp³-hybridized carbons (Fsp3) is 0.833. The van der Waals surface area contributed by atoms with E-state index in [0.29, 0.717) is 13.0 Å². The van der Waals surface area contributed by atoms with E-state index in [-0.39, 0.29) is 18.6 Å². The summed E-state index contributed by atoms with van der Waals surface area (Å²) in [5, 5.41) is 14.0. The largest absolute Gasteiger partial charge is 0.480 e. The van der Waals surface area contributed by atoms with Gasteiger partial charge in [0.25, 0.3) is 0 Å². The summed E-state index contributed by atoms with van der Waals surface area (Å²) in [6.07, 6.45) is 0.123. The van der Waals surface area contributed by atoms with Gasteiger partial charge in [-0.05, 0) is 12.3 Å². The Hall–Kier alpha value is -1.34. The molecule has 19 heavy (non-hydrogen) atoms. The first-order chi connectivity index (χ1) is 8.90. The second kappa shape index (κ2) is 9.57. The van der Waals surface area contributed by atoms with Crippen molar-refractivity contribution in [2.75, 3.05) is 27.4 Å². The molecule has 0 heterocycles. The number of carbonyl (C=O) groups is 2. The Morgan fingerprint density at radius 3 is 2.32 bits per heavy atom. The van der Waals surface area contributed by atoms with Gasteiger partial charge in [0.1, 0.15) is 6.04 Å². The Balaban J connectivity index is 4.15. The highest BCUT2D eigenvalue weighted by molar-refractivity contribution is 5.82. The van der Waals surface area contributed by atoms with Crippen molar-refractivity contribution >= 4 is 12.0 Å². The summed E-state index contributed by atoms with van der Waals surface area (Å²) in [6.45, 7) is 4.40. The van der Waals surface area contributed by atoms with Gasteiger partial charge in [0.15, 0.2) is 0 Å². The molecule has 0 saturated carbocycles. The third-order valence-corrected chi connectivity index (χ3v) is 2.49. The molecule has 0 spiro atoms. The molecule has 7 nitrogen and oxygen atoms in total. The second-order valence-corrected chi connectivity index (χ2v) is 4.69. The molecule has 2 amide bonds. The molecule has 0 fully saturated rings. The average molecular weight is 276 g/mol. The molecule has 0 aliphatic heterocycles. The Kier molecular flexibility index (Phi) is 8.90. The normalized spacial score (nSPS) is 13.9. The van der Waals surface area contributed by atoms with Crippen molar-refractivity contribution < 1.29 is 24.2 Å². The van der Waals surface area contributed by atoms with Gasteiger partial charge in [-0.2, -0.15) is 0 Å². The summed E-state index contributed by atoms with van der Waals surface area (Å²) < 4.78 is 9.98. The van der Waals surface area contributed by atoms with Crippen molar-refractivity contribution in [3.63, 3.8) is 0 Å². The Labute approximate surface area is 113 Å². The maximum Gasteiger partial charge on any atom is 0.326 e. The predicted octanol–water partition coefficient (Wildman–Crippen LogP) is 0.446. The van der Waals surface area contributed by atoms with Crippen molar-refractivity contribution in [3.05, 3.63) is 0 Å². The highest BCUT2D eigenvalue weighted by Crippen LogP contribution is 2.04. The van der Waals surface area contributed by atoms with Gasteiger partial charge in [-0.15, -0.1) is 0 Å². The zero-order valence-corrected chi connectivity index (χ0v) is 11.9. The summed E-state index contributed by atoms with van der Waals surface area (Å²) in [5.74, 6) is -0.856. The van der Waals surface area contributed by atoms with Crippen LogP contribution in [0.1, 0.15) is 20.3 Å². The monoisotopic (exact) mass is 276 g/mol. The van der Waals surface area contributed by atoms with Crippen LogP contribution in [0.15, 0.2) is 0 Å². The minimum absolute atomic E-state index is 0.182. The smallest absolute Gasteiger partial charge is 0.326 e. The first-order valence-corrected chi connectivity index (χ1v) is 6.19. The molecule has 0 bridgehead atoms. The van der Waals surface area contributed by atoms with Crippen LogP contribution in [0.4, 0.5) is 4.79 Å². The highest BCUT2D eigenvalue weighted by atomic mass is 16.5. The summed E-state index contributed by atoms with van der Waals surface area (Å²) in [5.41, 5.74) is 0. The Bertz CT molecular complexity index is 283. The number of urea groups is 1. The number of hydrogen-bond donors (Lipinski definition) is 3. The van der Waals surface area contributed by atoms with Gasteiger partial charge >= 0.3 is 12.0 Å². The maximum atomic E-state index is 11.6. The molecule has 3 N–H and O–H groups in total. The number of hydrogen-bond acceptors (Lipinski definition) is 4. The minimum Gasteiger partial charge on any atom is -0.480 e. The quantitative estimate of drug-likeness (QED) is 0.568. The fourth-order valence-electron chi connectivity index (χ4n) is 1.50. The van der Waals surface area contributed by atoms with Gasteiger partial charge in [0.2, 0.25) is 0 Å². The lowest BCUT2D eigenvalue weighted by Gasteiger charge is -2.19. The molecular formula is C12H24N2O5. The van der Waals surface area contributed by atoms with E-state index in [0.717, 1.165) is 0 Å². The molecule has 0 aliphatic carbocycles. The van der Waals surface area contributed by atoms with E-state index in [1.165, 1.54) is 14.2 Å². The summed E-state index contributed by atoms with van der Waals surface area (Å²) in [4.78, 5) is 22.6. The second-order valence-electron chi connectivity index (χ2n) is 4.69. The van der Waals surface area contributed by atoms with Crippen LogP contribution >= 0.6 is 0 Å². The number of carbonyl (C=O) groups excluding carboxylic acids is 1. The number of nitrogens with one attached hydrogen (secondary N) is 2. The minimum atomic E-state index is -1.04. The van der Waals surface area contributed by atoms with E-state index in [9.17, 15) is 9.59 Å². The van der Waals surface area contributed by atoms with Crippen LogP contribution in [-0.2, 0) is 14.3 Å². The van der Waals surface area contributed by atoms with Crippen LogP contribution in [0.25, 0.3) is 0 Å². The van der Waals surface area contributed by atoms with Crippen molar-refractivity contribution in [2.24, 2.45) is 5.92 Å². The number of carboxylic acid groups (broad SMARTS) is 1. The van der Waals surface area contributed by atoms with Gasteiger partial charge in [0.05, 0.1) is 12.7 Å². The number of methoxy groups -OCH3 is 2. The molecule has 0 rings (SSSR count). The van der Waals surface area contributed by atoms with Gasteiger partial charge in [-0.3, -0.25) is 0 Å². The first kappa shape index (κ1) is 17.7.